The summed E-state index contributed by atoms with van der Waals surface area (Å²) in [4.78, 5) is 25.8. The number of H-pyrrole nitrogens is 1. The van der Waals surface area contributed by atoms with Crippen molar-refractivity contribution in [2.45, 2.75) is 18.9 Å². The molecular weight excluding hydrogens is 258 g/mol. The number of carbonyl (C=O) groups is 1. The molecule has 2 aromatic rings. The van der Waals surface area contributed by atoms with E-state index in [-0.39, 0.29) is 11.7 Å². The Bertz CT molecular complexity index is 696. The molecule has 0 atom stereocenters. The third kappa shape index (κ3) is 2.27. The summed E-state index contributed by atoms with van der Waals surface area (Å²) >= 11 is 0. The number of amides is 2. The van der Waals surface area contributed by atoms with Gasteiger partial charge in [-0.1, -0.05) is 0 Å². The molecule has 0 spiro atoms. The number of hydrogen-bond donors (Lipinski definition) is 4. The number of piperidine rings is 1. The van der Waals surface area contributed by atoms with Crippen molar-refractivity contribution < 1.29 is 4.79 Å². The monoisotopic (exact) mass is 275 g/mol. The molecule has 5 N–H and O–H groups in total. The molecule has 0 saturated carbocycles. The van der Waals surface area contributed by atoms with Crippen LogP contribution in [0.3, 0.4) is 0 Å². The second-order valence-electron chi connectivity index (χ2n) is 5.00. The molecule has 2 amide bonds. The first kappa shape index (κ1) is 12.7. The third-order valence-electron chi connectivity index (χ3n) is 3.66. The number of fused-ring (bicyclic) bond motifs is 1. The van der Waals surface area contributed by atoms with Gasteiger partial charge in [-0.2, -0.15) is 0 Å². The number of benzene rings is 1. The van der Waals surface area contributed by atoms with E-state index in [2.05, 4.69) is 15.6 Å². The van der Waals surface area contributed by atoms with Crippen molar-refractivity contribution in [1.82, 2.24) is 14.9 Å². The van der Waals surface area contributed by atoms with Crippen LogP contribution in [0.25, 0.3) is 11.0 Å². The lowest BCUT2D eigenvalue weighted by molar-refractivity contribution is 0.259. The first-order chi connectivity index (χ1) is 9.65. The standard InChI is InChI=1S/C13H17N5O2/c14-12(19)16-8-1-2-11-10(7-8)17-13(20)18(11)9-3-5-15-6-4-9/h1-2,7,9,15H,3-6H2,(H,17,20)(H3,14,16,19). The molecule has 106 valence electrons. The number of nitrogens with two attached hydrogens (primary N) is 1. The van der Waals surface area contributed by atoms with Crippen molar-refractivity contribution in [1.29, 1.82) is 0 Å². The lowest BCUT2D eigenvalue weighted by Crippen LogP contribution is -2.33. The number of imidazole rings is 1. The number of aromatic amines is 1. The lowest BCUT2D eigenvalue weighted by Gasteiger charge is -2.23. The molecule has 7 nitrogen and oxygen atoms in total. The lowest BCUT2D eigenvalue weighted by atomic mass is 10.1. The summed E-state index contributed by atoms with van der Waals surface area (Å²) in [7, 11) is 0. The Balaban J connectivity index is 2.02. The van der Waals surface area contributed by atoms with E-state index in [9.17, 15) is 9.59 Å². The molecule has 7 heteroatoms. The van der Waals surface area contributed by atoms with Crippen LogP contribution in [0.5, 0.6) is 0 Å². The molecule has 3 rings (SSSR count). The summed E-state index contributed by atoms with van der Waals surface area (Å²) in [6, 6.07) is 4.90. The van der Waals surface area contributed by atoms with E-state index in [1.807, 2.05) is 10.6 Å². The average Bonchev–Trinajstić information content (AvgIpc) is 2.74. The van der Waals surface area contributed by atoms with Crippen molar-refractivity contribution in [3.05, 3.63) is 28.7 Å². The Labute approximate surface area is 115 Å². The highest BCUT2D eigenvalue weighted by Crippen LogP contribution is 2.23. The maximum Gasteiger partial charge on any atom is 0.326 e. The second-order valence-corrected chi connectivity index (χ2v) is 5.00. The van der Waals surface area contributed by atoms with Gasteiger partial charge in [-0.05, 0) is 44.1 Å². The van der Waals surface area contributed by atoms with E-state index in [1.165, 1.54) is 0 Å². The topological polar surface area (TPSA) is 105 Å². The van der Waals surface area contributed by atoms with Crippen molar-refractivity contribution in [3.8, 4) is 0 Å². The summed E-state index contributed by atoms with van der Waals surface area (Å²) < 4.78 is 1.81. The number of nitrogens with one attached hydrogen (secondary N) is 3. The van der Waals surface area contributed by atoms with Crippen molar-refractivity contribution in [2.75, 3.05) is 18.4 Å². The molecule has 0 radical (unpaired) electrons. The Morgan fingerprint density at radius 2 is 2.10 bits per heavy atom. The van der Waals surface area contributed by atoms with Gasteiger partial charge in [-0.25, -0.2) is 9.59 Å². The first-order valence-electron chi connectivity index (χ1n) is 6.66. The second kappa shape index (κ2) is 5.01. The minimum absolute atomic E-state index is 0.108. The number of primary amides is 1. The number of rotatable bonds is 2. The van der Waals surface area contributed by atoms with Crippen molar-refractivity contribution in [2.24, 2.45) is 5.73 Å². The van der Waals surface area contributed by atoms with Gasteiger partial charge in [0.15, 0.2) is 0 Å². The number of aromatic nitrogens is 2. The first-order valence-corrected chi connectivity index (χ1v) is 6.66. The minimum atomic E-state index is -0.621. The number of urea groups is 1. The number of nitrogens with zero attached hydrogens (tertiary/aromatic N) is 1. The van der Waals surface area contributed by atoms with Gasteiger partial charge in [0.25, 0.3) is 0 Å². The third-order valence-corrected chi connectivity index (χ3v) is 3.66. The number of carbonyl (C=O) groups excluding carboxylic acids is 1. The van der Waals surface area contributed by atoms with E-state index >= 15 is 0 Å². The van der Waals surface area contributed by atoms with Gasteiger partial charge in [-0.15, -0.1) is 0 Å². The largest absolute Gasteiger partial charge is 0.351 e. The Kier molecular flexibility index (Phi) is 3.19. The van der Waals surface area contributed by atoms with Gasteiger partial charge < -0.3 is 21.4 Å². The van der Waals surface area contributed by atoms with Crippen molar-refractivity contribution >= 4 is 22.8 Å². The summed E-state index contributed by atoms with van der Waals surface area (Å²) in [5.41, 5.74) is 7.12. The summed E-state index contributed by atoms with van der Waals surface area (Å²) in [6.45, 7) is 1.84. The highest BCUT2D eigenvalue weighted by Gasteiger charge is 2.19. The molecule has 20 heavy (non-hydrogen) atoms. The van der Waals surface area contributed by atoms with Crippen LogP contribution in [0.1, 0.15) is 18.9 Å². The SMILES string of the molecule is NC(=O)Nc1ccc2c(c1)[nH]c(=O)n2C1CCNCC1. The molecular formula is C13H17N5O2. The average molecular weight is 275 g/mol. The van der Waals surface area contributed by atoms with Crippen LogP contribution >= 0.6 is 0 Å². The highest BCUT2D eigenvalue weighted by atomic mass is 16.2. The van der Waals surface area contributed by atoms with Gasteiger partial charge in [0.1, 0.15) is 0 Å². The van der Waals surface area contributed by atoms with Gasteiger partial charge in [0.05, 0.1) is 11.0 Å². The van der Waals surface area contributed by atoms with Crippen LogP contribution in [0.15, 0.2) is 23.0 Å². The normalized spacial score (nSPS) is 16.4. The highest BCUT2D eigenvalue weighted by molar-refractivity contribution is 5.90. The molecule has 0 unspecified atom stereocenters. The van der Waals surface area contributed by atoms with Gasteiger partial charge in [-0.3, -0.25) is 4.57 Å². The zero-order chi connectivity index (χ0) is 14.1. The Morgan fingerprint density at radius 3 is 2.80 bits per heavy atom. The predicted octanol–water partition coefficient (Wildman–Crippen LogP) is 0.745. The van der Waals surface area contributed by atoms with Gasteiger partial charge in [0.2, 0.25) is 0 Å². The molecule has 1 aromatic heterocycles. The summed E-state index contributed by atoms with van der Waals surface area (Å²) in [5, 5.41) is 5.79. The quantitative estimate of drug-likeness (QED) is 0.649. The van der Waals surface area contributed by atoms with Gasteiger partial charge in [0, 0.05) is 11.7 Å². The molecule has 1 saturated heterocycles. The van der Waals surface area contributed by atoms with E-state index in [0.717, 1.165) is 31.4 Å². The fourth-order valence-corrected chi connectivity index (χ4v) is 2.78. The molecule has 1 aliphatic rings. The summed E-state index contributed by atoms with van der Waals surface area (Å²) in [6.07, 6.45) is 1.88. The molecule has 2 heterocycles. The van der Waals surface area contributed by atoms with E-state index in [0.29, 0.717) is 11.2 Å². The zero-order valence-electron chi connectivity index (χ0n) is 11.0. The van der Waals surface area contributed by atoms with Crippen LogP contribution < -0.4 is 22.1 Å². The molecule has 0 aliphatic carbocycles. The van der Waals surface area contributed by atoms with E-state index < -0.39 is 6.03 Å². The van der Waals surface area contributed by atoms with Crippen LogP contribution in [0.2, 0.25) is 0 Å². The fourth-order valence-electron chi connectivity index (χ4n) is 2.78. The van der Waals surface area contributed by atoms with Crippen LogP contribution in [0.4, 0.5) is 10.5 Å². The molecule has 1 fully saturated rings. The number of anilines is 1. The Hall–Kier alpha value is -2.28. The van der Waals surface area contributed by atoms with Crippen molar-refractivity contribution in [3.63, 3.8) is 0 Å². The smallest absolute Gasteiger partial charge is 0.326 e. The van der Waals surface area contributed by atoms with Crippen LogP contribution in [-0.4, -0.2) is 28.7 Å². The molecule has 1 aromatic carbocycles. The van der Waals surface area contributed by atoms with Gasteiger partial charge >= 0.3 is 11.7 Å². The van der Waals surface area contributed by atoms with E-state index in [1.54, 1.807) is 12.1 Å². The molecule has 1 aliphatic heterocycles. The molecule has 0 bridgehead atoms. The Morgan fingerprint density at radius 1 is 1.35 bits per heavy atom. The fraction of sp³-hybridized carbons (Fsp3) is 0.385. The maximum absolute atomic E-state index is 12.1. The minimum Gasteiger partial charge on any atom is -0.351 e. The van der Waals surface area contributed by atoms with Crippen LogP contribution in [-0.2, 0) is 0 Å². The van der Waals surface area contributed by atoms with Crippen LogP contribution in [0, 0.1) is 0 Å². The summed E-state index contributed by atoms with van der Waals surface area (Å²) in [5.74, 6) is 0. The zero-order valence-corrected chi connectivity index (χ0v) is 11.0. The predicted molar refractivity (Wildman–Crippen MR) is 76.9 cm³/mol. The number of hydrogen-bond acceptors (Lipinski definition) is 3. The maximum atomic E-state index is 12.1. The van der Waals surface area contributed by atoms with E-state index in [4.69, 9.17) is 5.73 Å².